The zero-order valence-corrected chi connectivity index (χ0v) is 5.82. The van der Waals surface area contributed by atoms with E-state index in [-0.39, 0.29) is 5.75 Å². The van der Waals surface area contributed by atoms with Crippen LogP contribution in [0.3, 0.4) is 0 Å². The van der Waals surface area contributed by atoms with Crippen LogP contribution in [-0.4, -0.2) is 17.9 Å². The molecule has 1 N–H and O–H groups in total. The summed E-state index contributed by atoms with van der Waals surface area (Å²) < 4.78 is 5.19. The lowest BCUT2D eigenvalue weighted by Gasteiger charge is -2.11. The van der Waals surface area contributed by atoms with E-state index in [1.165, 1.54) is 0 Å². The van der Waals surface area contributed by atoms with Crippen molar-refractivity contribution in [1.29, 1.82) is 0 Å². The third-order valence-electron chi connectivity index (χ3n) is 1.51. The maximum absolute atomic E-state index is 9.26. The van der Waals surface area contributed by atoms with Crippen molar-refractivity contribution in [2.24, 2.45) is 4.99 Å². The van der Waals surface area contributed by atoms with Gasteiger partial charge in [-0.1, -0.05) is 6.07 Å². The third kappa shape index (κ3) is 0.941. The van der Waals surface area contributed by atoms with Gasteiger partial charge in [0.15, 0.2) is 0 Å². The van der Waals surface area contributed by atoms with E-state index < -0.39 is 0 Å². The Balaban J connectivity index is 2.60. The van der Waals surface area contributed by atoms with Crippen LogP contribution in [-0.2, 0) is 0 Å². The second-order valence-corrected chi connectivity index (χ2v) is 2.25. The predicted octanol–water partition coefficient (Wildman–Crippen LogP) is 1.49. The van der Waals surface area contributed by atoms with Gasteiger partial charge in [-0.15, -0.1) is 0 Å². The van der Waals surface area contributed by atoms with E-state index in [0.29, 0.717) is 18.0 Å². The Morgan fingerprint density at radius 2 is 2.36 bits per heavy atom. The van der Waals surface area contributed by atoms with Crippen LogP contribution in [0.5, 0.6) is 11.5 Å². The van der Waals surface area contributed by atoms with Crippen molar-refractivity contribution in [1.82, 2.24) is 0 Å². The molecule has 0 bridgehead atoms. The van der Waals surface area contributed by atoms with Crippen LogP contribution in [0, 0.1) is 0 Å². The van der Waals surface area contributed by atoms with Crippen molar-refractivity contribution >= 4 is 11.9 Å². The lowest BCUT2D eigenvalue weighted by Crippen LogP contribution is -2.02. The Morgan fingerprint density at radius 3 is 3.18 bits per heavy atom. The van der Waals surface area contributed by atoms with Gasteiger partial charge in [-0.25, -0.2) is 4.99 Å². The average Bonchev–Trinajstić information content (AvgIpc) is 2.06. The van der Waals surface area contributed by atoms with E-state index in [4.69, 9.17) is 4.74 Å². The Kier molecular flexibility index (Phi) is 1.28. The van der Waals surface area contributed by atoms with Gasteiger partial charge in [-0.05, 0) is 12.1 Å². The lowest BCUT2D eigenvalue weighted by molar-refractivity contribution is 0.372. The van der Waals surface area contributed by atoms with Gasteiger partial charge < -0.3 is 9.84 Å². The molecule has 0 saturated heterocycles. The topological polar surface area (TPSA) is 41.8 Å². The summed E-state index contributed by atoms with van der Waals surface area (Å²) in [5.41, 5.74) is 0.527. The average molecular weight is 149 g/mol. The highest BCUT2D eigenvalue weighted by molar-refractivity contribution is 5.74. The number of nitrogens with zero attached hydrogens (tertiary/aromatic N) is 1. The van der Waals surface area contributed by atoms with E-state index in [1.807, 2.05) is 0 Å². The van der Waals surface area contributed by atoms with Gasteiger partial charge in [0.2, 0.25) is 0 Å². The second kappa shape index (κ2) is 2.27. The van der Waals surface area contributed by atoms with E-state index in [1.54, 1.807) is 24.4 Å². The maximum Gasteiger partial charge on any atom is 0.149 e. The molecule has 2 rings (SSSR count). The van der Waals surface area contributed by atoms with E-state index in [2.05, 4.69) is 4.99 Å². The zero-order valence-electron chi connectivity index (χ0n) is 5.82. The molecule has 11 heavy (non-hydrogen) atoms. The highest BCUT2D eigenvalue weighted by atomic mass is 16.5. The fourth-order valence-electron chi connectivity index (χ4n) is 1.01. The molecule has 0 aliphatic carbocycles. The van der Waals surface area contributed by atoms with Crippen LogP contribution >= 0.6 is 0 Å². The smallest absolute Gasteiger partial charge is 0.149 e. The van der Waals surface area contributed by atoms with Gasteiger partial charge in [0, 0.05) is 6.21 Å². The van der Waals surface area contributed by atoms with E-state index in [9.17, 15) is 5.11 Å². The number of rotatable bonds is 0. The number of hydrogen-bond donors (Lipinski definition) is 1. The number of benzene rings is 1. The fourth-order valence-corrected chi connectivity index (χ4v) is 1.01. The second-order valence-electron chi connectivity index (χ2n) is 2.25. The molecule has 0 aromatic heterocycles. The molecular formula is C8H7NO2. The summed E-state index contributed by atoms with van der Waals surface area (Å²) in [6, 6.07) is 5.10. The van der Waals surface area contributed by atoms with Crippen LogP contribution in [0.1, 0.15) is 0 Å². The van der Waals surface area contributed by atoms with Gasteiger partial charge in [0.25, 0.3) is 0 Å². The molecule has 0 radical (unpaired) electrons. The number of ether oxygens (including phenoxy) is 1. The first-order valence-electron chi connectivity index (χ1n) is 3.35. The van der Waals surface area contributed by atoms with Gasteiger partial charge in [-0.3, -0.25) is 0 Å². The fraction of sp³-hybridized carbons (Fsp3) is 0.125. The molecular weight excluding hydrogens is 142 g/mol. The summed E-state index contributed by atoms with van der Waals surface area (Å²) in [7, 11) is 0. The number of phenols is 1. The lowest BCUT2D eigenvalue weighted by atomic mass is 10.2. The highest BCUT2D eigenvalue weighted by Gasteiger charge is 2.09. The van der Waals surface area contributed by atoms with Crippen LogP contribution in [0.4, 0.5) is 5.69 Å². The first kappa shape index (κ1) is 6.22. The maximum atomic E-state index is 9.26. The third-order valence-corrected chi connectivity index (χ3v) is 1.51. The Morgan fingerprint density at radius 1 is 1.45 bits per heavy atom. The van der Waals surface area contributed by atoms with Crippen molar-refractivity contribution in [3.05, 3.63) is 18.2 Å². The first-order chi connectivity index (χ1) is 5.38. The Bertz CT molecular complexity index is 307. The first-order valence-corrected chi connectivity index (χ1v) is 3.35. The molecule has 0 spiro atoms. The predicted molar refractivity (Wildman–Crippen MR) is 41.8 cm³/mol. The summed E-state index contributed by atoms with van der Waals surface area (Å²) in [6.45, 7) is 0.483. The summed E-state index contributed by atoms with van der Waals surface area (Å²) in [5.74, 6) is 0.811. The number of fused-ring (bicyclic) bond motifs is 1. The standard InChI is InChI=1S/C8H7NO2/c10-6-2-1-3-7-8(6)9-4-5-11-7/h1-4,10H,5H2. The van der Waals surface area contributed by atoms with Crippen molar-refractivity contribution < 1.29 is 9.84 Å². The molecule has 0 atom stereocenters. The van der Waals surface area contributed by atoms with Crippen LogP contribution in [0.15, 0.2) is 23.2 Å². The number of hydrogen-bond acceptors (Lipinski definition) is 3. The van der Waals surface area contributed by atoms with Crippen molar-refractivity contribution in [2.45, 2.75) is 0 Å². The Hall–Kier alpha value is -1.51. The minimum absolute atomic E-state index is 0.165. The molecule has 3 nitrogen and oxygen atoms in total. The number of para-hydroxylation sites is 1. The molecule has 1 aliphatic rings. The van der Waals surface area contributed by atoms with E-state index in [0.717, 1.165) is 0 Å². The van der Waals surface area contributed by atoms with Crippen LogP contribution in [0.25, 0.3) is 0 Å². The van der Waals surface area contributed by atoms with Gasteiger partial charge in [0.05, 0.1) is 0 Å². The van der Waals surface area contributed by atoms with Crippen LogP contribution < -0.4 is 4.74 Å². The zero-order chi connectivity index (χ0) is 7.68. The van der Waals surface area contributed by atoms with Crippen LogP contribution in [0.2, 0.25) is 0 Å². The normalized spacial score (nSPS) is 13.8. The highest BCUT2D eigenvalue weighted by Crippen LogP contribution is 2.37. The molecule has 1 heterocycles. The number of aromatic hydroxyl groups is 1. The minimum Gasteiger partial charge on any atom is -0.506 e. The van der Waals surface area contributed by atoms with Crippen molar-refractivity contribution in [2.75, 3.05) is 6.61 Å². The van der Waals surface area contributed by atoms with Gasteiger partial charge in [-0.2, -0.15) is 0 Å². The molecule has 1 aromatic carbocycles. The van der Waals surface area contributed by atoms with Gasteiger partial charge >= 0.3 is 0 Å². The molecule has 56 valence electrons. The Labute approximate surface area is 64.0 Å². The minimum atomic E-state index is 0.165. The largest absolute Gasteiger partial charge is 0.506 e. The monoisotopic (exact) mass is 149 g/mol. The molecule has 0 saturated carbocycles. The molecule has 3 heteroatoms. The summed E-state index contributed by atoms with van der Waals surface area (Å²) in [5, 5.41) is 9.26. The molecule has 0 unspecified atom stereocenters. The number of phenolic OH excluding ortho intramolecular Hbond substituents is 1. The summed E-state index contributed by atoms with van der Waals surface area (Å²) in [4.78, 5) is 3.99. The number of aliphatic imine (C=N–C) groups is 1. The van der Waals surface area contributed by atoms with Crippen molar-refractivity contribution in [3.63, 3.8) is 0 Å². The molecule has 0 fully saturated rings. The summed E-state index contributed by atoms with van der Waals surface area (Å²) >= 11 is 0. The van der Waals surface area contributed by atoms with Crippen molar-refractivity contribution in [3.8, 4) is 11.5 Å². The van der Waals surface area contributed by atoms with Gasteiger partial charge in [0.1, 0.15) is 23.8 Å². The molecule has 0 amide bonds. The molecule has 1 aromatic rings. The quantitative estimate of drug-likeness (QED) is 0.607. The SMILES string of the molecule is Oc1cccc2c1N=CCO2. The van der Waals surface area contributed by atoms with E-state index >= 15 is 0 Å². The molecule has 1 aliphatic heterocycles. The summed E-state index contributed by atoms with van der Waals surface area (Å²) in [6.07, 6.45) is 1.63.